The van der Waals surface area contributed by atoms with Crippen LogP contribution < -0.4 is 10.4 Å². The SMILES string of the molecule is CCOC(=O)C1=C(C)NC(C)(C(C)SCC)C(C(=O)[O-])C1C. The number of thioether (sulfide) groups is 1. The molecule has 0 aliphatic carbocycles. The first-order chi connectivity index (χ1) is 10.2. The number of carboxylic acids is 1. The van der Waals surface area contributed by atoms with Gasteiger partial charge in [-0.1, -0.05) is 20.8 Å². The number of allylic oxidation sites excluding steroid dienone is 1. The summed E-state index contributed by atoms with van der Waals surface area (Å²) in [5.74, 6) is -1.97. The van der Waals surface area contributed by atoms with E-state index < -0.39 is 29.3 Å². The maximum atomic E-state index is 12.2. The van der Waals surface area contributed by atoms with E-state index in [0.29, 0.717) is 11.3 Å². The molecule has 126 valence electrons. The first-order valence-electron chi connectivity index (χ1n) is 7.69. The summed E-state index contributed by atoms with van der Waals surface area (Å²) in [6.07, 6.45) is 0. The Labute approximate surface area is 136 Å². The van der Waals surface area contributed by atoms with Crippen molar-refractivity contribution in [2.75, 3.05) is 12.4 Å². The lowest BCUT2D eigenvalue weighted by Gasteiger charge is -2.50. The molecule has 5 nitrogen and oxygen atoms in total. The molecule has 22 heavy (non-hydrogen) atoms. The van der Waals surface area contributed by atoms with E-state index in [1.165, 1.54) is 0 Å². The Bertz CT molecular complexity index is 477. The molecule has 0 radical (unpaired) electrons. The van der Waals surface area contributed by atoms with E-state index in [1.54, 1.807) is 32.5 Å². The molecule has 0 bridgehead atoms. The monoisotopic (exact) mass is 328 g/mol. The zero-order valence-electron chi connectivity index (χ0n) is 14.2. The molecule has 1 aliphatic rings. The van der Waals surface area contributed by atoms with Gasteiger partial charge in [0.1, 0.15) is 0 Å². The third-order valence-corrected chi connectivity index (χ3v) is 5.80. The molecule has 0 saturated carbocycles. The molecule has 0 aromatic heterocycles. The number of esters is 1. The quantitative estimate of drug-likeness (QED) is 0.741. The minimum Gasteiger partial charge on any atom is -0.550 e. The number of nitrogens with one attached hydrogen (secondary N) is 1. The van der Waals surface area contributed by atoms with Crippen LogP contribution in [0, 0.1) is 11.8 Å². The van der Waals surface area contributed by atoms with Crippen molar-refractivity contribution < 1.29 is 19.4 Å². The molecule has 1 N–H and O–H groups in total. The van der Waals surface area contributed by atoms with E-state index in [2.05, 4.69) is 5.32 Å². The van der Waals surface area contributed by atoms with Gasteiger partial charge in [0.25, 0.3) is 0 Å². The molecule has 4 unspecified atom stereocenters. The van der Waals surface area contributed by atoms with E-state index >= 15 is 0 Å². The predicted octanol–water partition coefficient (Wildman–Crippen LogP) is 1.33. The topological polar surface area (TPSA) is 78.5 Å². The lowest BCUT2D eigenvalue weighted by molar-refractivity contribution is -0.315. The zero-order chi connectivity index (χ0) is 17.1. The number of carbonyl (C=O) groups excluding carboxylic acids is 2. The number of ether oxygens (including phenoxy) is 1. The van der Waals surface area contributed by atoms with E-state index in [0.717, 1.165) is 5.75 Å². The molecule has 0 spiro atoms. The lowest BCUT2D eigenvalue weighted by Crippen LogP contribution is -2.64. The summed E-state index contributed by atoms with van der Waals surface area (Å²) in [5.41, 5.74) is 0.413. The van der Waals surface area contributed by atoms with Crippen molar-refractivity contribution in [1.29, 1.82) is 0 Å². The van der Waals surface area contributed by atoms with Crippen LogP contribution in [0.5, 0.6) is 0 Å². The van der Waals surface area contributed by atoms with Crippen molar-refractivity contribution in [1.82, 2.24) is 5.32 Å². The van der Waals surface area contributed by atoms with Gasteiger partial charge in [0.2, 0.25) is 0 Å². The highest BCUT2D eigenvalue weighted by Gasteiger charge is 2.48. The molecule has 0 aromatic carbocycles. The van der Waals surface area contributed by atoms with Crippen LogP contribution in [-0.4, -0.2) is 35.1 Å². The summed E-state index contributed by atoms with van der Waals surface area (Å²) in [5, 5.41) is 15.1. The number of aliphatic carboxylic acids is 1. The Hall–Kier alpha value is -1.17. The van der Waals surface area contributed by atoms with Gasteiger partial charge in [-0.25, -0.2) is 4.79 Å². The second-order valence-corrected chi connectivity index (χ2v) is 7.47. The smallest absolute Gasteiger partial charge is 0.336 e. The lowest BCUT2D eigenvalue weighted by atomic mass is 9.69. The fraction of sp³-hybridized carbons (Fsp3) is 0.750. The normalized spacial score (nSPS) is 29.7. The maximum Gasteiger partial charge on any atom is 0.336 e. The minimum atomic E-state index is -1.14. The van der Waals surface area contributed by atoms with Gasteiger partial charge in [-0.05, 0) is 26.5 Å². The molecule has 1 aliphatic heterocycles. The summed E-state index contributed by atoms with van der Waals surface area (Å²) in [6, 6.07) is 0. The third-order valence-electron chi connectivity index (χ3n) is 4.47. The predicted molar refractivity (Wildman–Crippen MR) is 86.1 cm³/mol. The molecule has 6 heteroatoms. The Morgan fingerprint density at radius 3 is 2.50 bits per heavy atom. The Kier molecular flexibility index (Phi) is 6.35. The van der Waals surface area contributed by atoms with E-state index in [4.69, 9.17) is 4.74 Å². The highest BCUT2D eigenvalue weighted by atomic mass is 32.2. The van der Waals surface area contributed by atoms with Crippen molar-refractivity contribution in [3.63, 3.8) is 0 Å². The van der Waals surface area contributed by atoms with Gasteiger partial charge in [-0.15, -0.1) is 0 Å². The van der Waals surface area contributed by atoms with Crippen LogP contribution >= 0.6 is 11.8 Å². The zero-order valence-corrected chi connectivity index (χ0v) is 15.0. The number of carboxylic acid groups (broad SMARTS) is 1. The van der Waals surface area contributed by atoms with Crippen molar-refractivity contribution in [3.05, 3.63) is 11.3 Å². The average Bonchev–Trinajstić information content (AvgIpc) is 2.37. The molecule has 4 atom stereocenters. The van der Waals surface area contributed by atoms with Gasteiger partial charge < -0.3 is 20.0 Å². The average molecular weight is 328 g/mol. The van der Waals surface area contributed by atoms with Crippen LogP contribution in [0.25, 0.3) is 0 Å². The first kappa shape index (κ1) is 18.9. The standard InChI is InChI=1S/C16H27NO4S/c1-7-21-15(20)12-9(3)13(14(18)19)16(6,17-10(12)4)11(5)22-8-2/h9,11,13,17H,7-8H2,1-6H3,(H,18,19)/p-1. The van der Waals surface area contributed by atoms with Crippen LogP contribution in [0.2, 0.25) is 0 Å². The van der Waals surface area contributed by atoms with E-state index in [1.807, 2.05) is 20.8 Å². The number of carbonyl (C=O) groups is 2. The highest BCUT2D eigenvalue weighted by molar-refractivity contribution is 7.99. The summed E-state index contributed by atoms with van der Waals surface area (Å²) in [6.45, 7) is 11.5. The first-order valence-corrected chi connectivity index (χ1v) is 8.74. The molecular weight excluding hydrogens is 302 g/mol. The number of hydrogen-bond acceptors (Lipinski definition) is 6. The van der Waals surface area contributed by atoms with Gasteiger partial charge >= 0.3 is 5.97 Å². The molecule has 0 saturated heterocycles. The fourth-order valence-electron chi connectivity index (χ4n) is 3.35. The van der Waals surface area contributed by atoms with Gasteiger partial charge in [-0.2, -0.15) is 11.8 Å². The van der Waals surface area contributed by atoms with Crippen LogP contribution in [0.4, 0.5) is 0 Å². The van der Waals surface area contributed by atoms with Gasteiger partial charge in [0.05, 0.1) is 17.7 Å². The van der Waals surface area contributed by atoms with Crippen molar-refractivity contribution >= 4 is 23.7 Å². The second-order valence-electron chi connectivity index (χ2n) is 5.85. The van der Waals surface area contributed by atoms with Crippen LogP contribution in [0.3, 0.4) is 0 Å². The number of hydrogen-bond donors (Lipinski definition) is 1. The summed E-state index contributed by atoms with van der Waals surface area (Å²) < 4.78 is 5.07. The van der Waals surface area contributed by atoms with Crippen molar-refractivity contribution in [2.24, 2.45) is 11.8 Å². The van der Waals surface area contributed by atoms with E-state index in [9.17, 15) is 14.7 Å². The Morgan fingerprint density at radius 1 is 1.45 bits per heavy atom. The second kappa shape index (κ2) is 7.40. The van der Waals surface area contributed by atoms with Crippen LogP contribution in [0.15, 0.2) is 11.3 Å². The van der Waals surface area contributed by atoms with Crippen molar-refractivity contribution in [3.8, 4) is 0 Å². The van der Waals surface area contributed by atoms with Crippen LogP contribution in [-0.2, 0) is 14.3 Å². The Morgan fingerprint density at radius 2 is 2.05 bits per heavy atom. The third kappa shape index (κ3) is 3.42. The fourth-order valence-corrected chi connectivity index (χ4v) is 4.40. The highest BCUT2D eigenvalue weighted by Crippen LogP contribution is 2.41. The van der Waals surface area contributed by atoms with Gasteiger partial charge in [-0.3, -0.25) is 0 Å². The molecule has 1 rings (SSSR count). The Balaban J connectivity index is 3.30. The maximum absolute atomic E-state index is 12.2. The summed E-state index contributed by atoms with van der Waals surface area (Å²) in [7, 11) is 0. The molecule has 0 amide bonds. The minimum absolute atomic E-state index is 0.0570. The summed E-state index contributed by atoms with van der Waals surface area (Å²) >= 11 is 1.69. The summed E-state index contributed by atoms with van der Waals surface area (Å²) in [4.78, 5) is 23.9. The molecule has 0 fully saturated rings. The van der Waals surface area contributed by atoms with Crippen LogP contribution in [0.1, 0.15) is 41.5 Å². The molecular formula is C16H26NO4S-. The molecule has 1 heterocycles. The van der Waals surface area contributed by atoms with Gasteiger partial charge in [0, 0.05) is 28.8 Å². The number of rotatable bonds is 6. The van der Waals surface area contributed by atoms with E-state index in [-0.39, 0.29) is 11.9 Å². The van der Waals surface area contributed by atoms with Crippen molar-refractivity contribution in [2.45, 2.75) is 52.3 Å². The van der Waals surface area contributed by atoms with Gasteiger partial charge in [0.15, 0.2) is 0 Å². The molecule has 0 aromatic rings. The largest absolute Gasteiger partial charge is 0.550 e.